The van der Waals surface area contributed by atoms with Crippen LogP contribution < -0.4 is 5.32 Å². The summed E-state index contributed by atoms with van der Waals surface area (Å²) in [6, 6.07) is 10.4. The Bertz CT molecular complexity index is 467. The zero-order chi connectivity index (χ0) is 13.3. The van der Waals surface area contributed by atoms with Crippen molar-refractivity contribution in [1.82, 2.24) is 15.1 Å². The van der Waals surface area contributed by atoms with Crippen molar-refractivity contribution in [3.63, 3.8) is 0 Å². The first-order valence-electron chi connectivity index (χ1n) is 6.72. The van der Waals surface area contributed by atoms with Crippen molar-refractivity contribution >= 4 is 0 Å². The van der Waals surface area contributed by atoms with Gasteiger partial charge < -0.3 is 10.1 Å². The minimum Gasteiger partial charge on any atom is -0.380 e. The SMILES string of the molecule is CCOCCNCc1cnn(Cc2ccccc2)c1. The molecular weight excluding hydrogens is 238 g/mol. The normalized spacial score (nSPS) is 10.8. The van der Waals surface area contributed by atoms with Crippen molar-refractivity contribution in [1.29, 1.82) is 0 Å². The molecule has 1 heterocycles. The van der Waals surface area contributed by atoms with E-state index in [1.54, 1.807) is 0 Å². The number of hydrogen-bond acceptors (Lipinski definition) is 3. The highest BCUT2D eigenvalue weighted by molar-refractivity contribution is 5.15. The number of nitrogens with one attached hydrogen (secondary N) is 1. The molecule has 0 fully saturated rings. The summed E-state index contributed by atoms with van der Waals surface area (Å²) < 4.78 is 7.24. The van der Waals surface area contributed by atoms with Gasteiger partial charge in [0.2, 0.25) is 0 Å². The summed E-state index contributed by atoms with van der Waals surface area (Å²) >= 11 is 0. The molecule has 19 heavy (non-hydrogen) atoms. The first-order chi connectivity index (χ1) is 9.38. The lowest BCUT2D eigenvalue weighted by molar-refractivity contribution is 0.149. The zero-order valence-corrected chi connectivity index (χ0v) is 11.4. The van der Waals surface area contributed by atoms with E-state index in [1.165, 1.54) is 11.1 Å². The fourth-order valence-electron chi connectivity index (χ4n) is 1.88. The van der Waals surface area contributed by atoms with Crippen molar-refractivity contribution in [3.05, 3.63) is 53.9 Å². The van der Waals surface area contributed by atoms with Gasteiger partial charge in [0, 0.05) is 31.5 Å². The van der Waals surface area contributed by atoms with Gasteiger partial charge in [-0.3, -0.25) is 4.68 Å². The molecule has 2 aromatic rings. The first kappa shape index (κ1) is 13.8. The zero-order valence-electron chi connectivity index (χ0n) is 11.4. The average Bonchev–Trinajstić information content (AvgIpc) is 2.87. The van der Waals surface area contributed by atoms with Crippen LogP contribution in [0.5, 0.6) is 0 Å². The van der Waals surface area contributed by atoms with Gasteiger partial charge in [0.15, 0.2) is 0 Å². The van der Waals surface area contributed by atoms with Gasteiger partial charge in [-0.2, -0.15) is 5.10 Å². The molecule has 1 aromatic carbocycles. The van der Waals surface area contributed by atoms with E-state index in [0.717, 1.165) is 32.8 Å². The van der Waals surface area contributed by atoms with Crippen LogP contribution in [0.4, 0.5) is 0 Å². The summed E-state index contributed by atoms with van der Waals surface area (Å²) in [4.78, 5) is 0. The highest BCUT2D eigenvalue weighted by Crippen LogP contribution is 2.03. The van der Waals surface area contributed by atoms with Crippen molar-refractivity contribution in [2.24, 2.45) is 0 Å². The van der Waals surface area contributed by atoms with Crippen LogP contribution in [-0.2, 0) is 17.8 Å². The Hall–Kier alpha value is -1.65. The quantitative estimate of drug-likeness (QED) is 0.738. The Morgan fingerprint density at radius 2 is 2.05 bits per heavy atom. The molecule has 0 bridgehead atoms. The maximum Gasteiger partial charge on any atom is 0.0659 e. The van der Waals surface area contributed by atoms with Gasteiger partial charge in [0.1, 0.15) is 0 Å². The number of nitrogens with zero attached hydrogens (tertiary/aromatic N) is 2. The molecule has 0 saturated carbocycles. The minimum absolute atomic E-state index is 0.759. The highest BCUT2D eigenvalue weighted by atomic mass is 16.5. The largest absolute Gasteiger partial charge is 0.380 e. The van der Waals surface area contributed by atoms with E-state index in [-0.39, 0.29) is 0 Å². The Balaban J connectivity index is 1.76. The summed E-state index contributed by atoms with van der Waals surface area (Å²) in [6.07, 6.45) is 4.00. The van der Waals surface area contributed by atoms with Crippen LogP contribution in [0, 0.1) is 0 Å². The summed E-state index contributed by atoms with van der Waals surface area (Å²) in [5.74, 6) is 0. The van der Waals surface area contributed by atoms with Crippen molar-refractivity contribution in [2.75, 3.05) is 19.8 Å². The number of rotatable bonds is 8. The molecule has 2 rings (SSSR count). The third-order valence-corrected chi connectivity index (χ3v) is 2.83. The van der Waals surface area contributed by atoms with Crippen molar-refractivity contribution in [3.8, 4) is 0 Å². The number of benzene rings is 1. The minimum atomic E-state index is 0.759. The highest BCUT2D eigenvalue weighted by Gasteiger charge is 1.99. The number of ether oxygens (including phenoxy) is 1. The Kier molecular flexibility index (Phi) is 5.59. The Morgan fingerprint density at radius 3 is 2.84 bits per heavy atom. The molecular formula is C15H21N3O. The smallest absolute Gasteiger partial charge is 0.0659 e. The lowest BCUT2D eigenvalue weighted by atomic mass is 10.2. The fourth-order valence-corrected chi connectivity index (χ4v) is 1.88. The first-order valence-corrected chi connectivity index (χ1v) is 6.72. The van der Waals surface area contributed by atoms with E-state index in [1.807, 2.05) is 23.9 Å². The molecule has 0 saturated heterocycles. The second kappa shape index (κ2) is 7.71. The molecule has 1 N–H and O–H groups in total. The summed E-state index contributed by atoms with van der Waals surface area (Å²) in [5.41, 5.74) is 2.47. The predicted octanol–water partition coefficient (Wildman–Crippen LogP) is 2.06. The molecule has 0 spiro atoms. The van der Waals surface area contributed by atoms with Crippen LogP contribution >= 0.6 is 0 Å². The van der Waals surface area contributed by atoms with Crippen molar-refractivity contribution < 1.29 is 4.74 Å². The van der Waals surface area contributed by atoms with Gasteiger partial charge in [-0.1, -0.05) is 30.3 Å². The fraction of sp³-hybridized carbons (Fsp3) is 0.400. The summed E-state index contributed by atoms with van der Waals surface area (Å²) in [6.45, 7) is 6.07. The van der Waals surface area contributed by atoms with E-state index < -0.39 is 0 Å². The van der Waals surface area contributed by atoms with E-state index in [2.05, 4.69) is 40.9 Å². The molecule has 0 aliphatic carbocycles. The maximum atomic E-state index is 5.27. The third kappa shape index (κ3) is 4.85. The molecule has 0 atom stereocenters. The average molecular weight is 259 g/mol. The van der Waals surface area contributed by atoms with Crippen LogP contribution in [0.1, 0.15) is 18.1 Å². The number of hydrogen-bond donors (Lipinski definition) is 1. The van der Waals surface area contributed by atoms with Gasteiger partial charge in [-0.25, -0.2) is 0 Å². The van der Waals surface area contributed by atoms with Crippen LogP contribution in [0.3, 0.4) is 0 Å². The Labute approximate surface area is 114 Å². The predicted molar refractivity (Wildman–Crippen MR) is 76.0 cm³/mol. The van der Waals surface area contributed by atoms with Gasteiger partial charge in [0.05, 0.1) is 19.3 Å². The maximum absolute atomic E-state index is 5.27. The molecule has 0 unspecified atom stereocenters. The second-order valence-electron chi connectivity index (χ2n) is 4.41. The lowest BCUT2D eigenvalue weighted by Gasteiger charge is -2.03. The van der Waals surface area contributed by atoms with Gasteiger partial charge in [-0.15, -0.1) is 0 Å². The molecule has 0 aliphatic rings. The summed E-state index contributed by atoms with van der Waals surface area (Å²) in [5, 5.41) is 7.71. The standard InChI is InChI=1S/C15H21N3O/c1-2-19-9-8-16-10-15-11-17-18(13-15)12-14-6-4-3-5-7-14/h3-7,11,13,16H,2,8-10,12H2,1H3. The molecule has 1 aromatic heterocycles. The van der Waals surface area contributed by atoms with E-state index >= 15 is 0 Å². The molecule has 4 heteroatoms. The van der Waals surface area contributed by atoms with E-state index in [9.17, 15) is 0 Å². The van der Waals surface area contributed by atoms with Gasteiger partial charge >= 0.3 is 0 Å². The molecule has 0 amide bonds. The molecule has 0 aliphatic heterocycles. The topological polar surface area (TPSA) is 39.1 Å². The van der Waals surface area contributed by atoms with Crippen LogP contribution in [0.2, 0.25) is 0 Å². The Morgan fingerprint density at radius 1 is 1.21 bits per heavy atom. The van der Waals surface area contributed by atoms with Gasteiger partial charge in [0.25, 0.3) is 0 Å². The lowest BCUT2D eigenvalue weighted by Crippen LogP contribution is -2.18. The second-order valence-corrected chi connectivity index (χ2v) is 4.41. The third-order valence-electron chi connectivity index (χ3n) is 2.83. The van der Waals surface area contributed by atoms with Crippen molar-refractivity contribution in [2.45, 2.75) is 20.0 Å². The summed E-state index contributed by atoms with van der Waals surface area (Å²) in [7, 11) is 0. The molecule has 102 valence electrons. The monoisotopic (exact) mass is 259 g/mol. The van der Waals surface area contributed by atoms with E-state index in [4.69, 9.17) is 4.74 Å². The number of aromatic nitrogens is 2. The molecule has 0 radical (unpaired) electrons. The molecule has 4 nitrogen and oxygen atoms in total. The van der Waals surface area contributed by atoms with Crippen LogP contribution in [0.25, 0.3) is 0 Å². The van der Waals surface area contributed by atoms with Crippen LogP contribution in [0.15, 0.2) is 42.7 Å². The van der Waals surface area contributed by atoms with Gasteiger partial charge in [-0.05, 0) is 12.5 Å². The van der Waals surface area contributed by atoms with E-state index in [0.29, 0.717) is 0 Å². The van der Waals surface area contributed by atoms with Crippen LogP contribution in [-0.4, -0.2) is 29.5 Å².